The predicted molar refractivity (Wildman–Crippen MR) is 84.5 cm³/mol. The standard InChI is InChI=1S/C14H24N4OS/c1-5-14(4,12(15)20)13(19)16-7-6-8-18-11(3)9-10(2)17-18/h9H,5-8H2,1-4H3,(H2,15,20)(H,16,19). The van der Waals surface area contributed by atoms with Crippen molar-refractivity contribution in [2.75, 3.05) is 6.54 Å². The van der Waals surface area contributed by atoms with Crippen molar-refractivity contribution in [3.05, 3.63) is 17.5 Å². The number of aryl methyl sites for hydroxylation is 3. The van der Waals surface area contributed by atoms with E-state index in [0.717, 1.165) is 24.4 Å². The molecular formula is C14H24N4OS. The number of rotatable bonds is 7. The second kappa shape index (κ2) is 6.83. The van der Waals surface area contributed by atoms with Gasteiger partial charge in [-0.3, -0.25) is 9.48 Å². The summed E-state index contributed by atoms with van der Waals surface area (Å²) in [5.41, 5.74) is 7.05. The molecular weight excluding hydrogens is 272 g/mol. The zero-order valence-electron chi connectivity index (χ0n) is 12.7. The number of aromatic nitrogens is 2. The topological polar surface area (TPSA) is 72.9 Å². The van der Waals surface area contributed by atoms with Gasteiger partial charge in [0.2, 0.25) is 5.91 Å². The Balaban J connectivity index is 2.43. The van der Waals surface area contributed by atoms with Crippen LogP contribution in [0.15, 0.2) is 6.07 Å². The van der Waals surface area contributed by atoms with E-state index in [0.29, 0.717) is 13.0 Å². The lowest BCUT2D eigenvalue weighted by atomic mass is 9.86. The normalized spacial score (nSPS) is 13.8. The van der Waals surface area contributed by atoms with Gasteiger partial charge in [-0.1, -0.05) is 19.1 Å². The summed E-state index contributed by atoms with van der Waals surface area (Å²) in [6.07, 6.45) is 1.43. The van der Waals surface area contributed by atoms with E-state index in [2.05, 4.69) is 10.4 Å². The molecule has 0 fully saturated rings. The van der Waals surface area contributed by atoms with Crippen LogP contribution < -0.4 is 11.1 Å². The summed E-state index contributed by atoms with van der Waals surface area (Å²) in [6, 6.07) is 2.04. The first-order valence-electron chi connectivity index (χ1n) is 6.90. The summed E-state index contributed by atoms with van der Waals surface area (Å²) in [5.74, 6) is -0.0964. The van der Waals surface area contributed by atoms with E-state index in [9.17, 15) is 4.79 Å². The molecule has 0 aliphatic rings. The molecule has 20 heavy (non-hydrogen) atoms. The molecule has 0 bridgehead atoms. The highest BCUT2D eigenvalue weighted by molar-refractivity contribution is 7.80. The van der Waals surface area contributed by atoms with Crippen molar-refractivity contribution in [2.24, 2.45) is 11.1 Å². The number of hydrogen-bond acceptors (Lipinski definition) is 3. The van der Waals surface area contributed by atoms with Crippen LogP contribution >= 0.6 is 12.2 Å². The molecule has 1 amide bonds. The Bertz CT molecular complexity index is 497. The Morgan fingerprint density at radius 2 is 2.20 bits per heavy atom. The summed E-state index contributed by atoms with van der Waals surface area (Å²) in [6.45, 7) is 9.07. The lowest BCUT2D eigenvalue weighted by molar-refractivity contribution is -0.126. The second-order valence-corrected chi connectivity index (χ2v) is 5.75. The van der Waals surface area contributed by atoms with Crippen molar-refractivity contribution in [2.45, 2.75) is 47.1 Å². The summed E-state index contributed by atoms with van der Waals surface area (Å²) in [7, 11) is 0. The molecule has 112 valence electrons. The summed E-state index contributed by atoms with van der Waals surface area (Å²) in [5, 5.41) is 7.29. The van der Waals surface area contributed by atoms with Gasteiger partial charge in [0.15, 0.2) is 0 Å². The molecule has 1 aromatic heterocycles. The molecule has 0 spiro atoms. The Hall–Kier alpha value is -1.43. The average molecular weight is 296 g/mol. The van der Waals surface area contributed by atoms with E-state index in [1.54, 1.807) is 6.92 Å². The number of nitrogens with two attached hydrogens (primary N) is 1. The molecule has 0 saturated carbocycles. The van der Waals surface area contributed by atoms with E-state index >= 15 is 0 Å². The molecule has 1 heterocycles. The molecule has 0 radical (unpaired) electrons. The molecule has 1 aromatic rings. The van der Waals surface area contributed by atoms with Crippen LogP contribution in [0.25, 0.3) is 0 Å². The van der Waals surface area contributed by atoms with E-state index < -0.39 is 5.41 Å². The fraction of sp³-hybridized carbons (Fsp3) is 0.643. The van der Waals surface area contributed by atoms with Gasteiger partial charge in [0, 0.05) is 18.8 Å². The molecule has 1 unspecified atom stereocenters. The maximum absolute atomic E-state index is 12.1. The molecule has 6 heteroatoms. The SMILES string of the molecule is CCC(C)(C(=O)NCCCn1nc(C)cc1C)C(N)=S. The zero-order valence-corrected chi connectivity index (χ0v) is 13.5. The molecule has 5 nitrogen and oxygen atoms in total. The van der Waals surface area contributed by atoms with Gasteiger partial charge in [-0.2, -0.15) is 5.10 Å². The minimum atomic E-state index is -0.756. The van der Waals surface area contributed by atoms with Gasteiger partial charge in [-0.15, -0.1) is 0 Å². The average Bonchev–Trinajstić information content (AvgIpc) is 2.71. The Kier molecular flexibility index (Phi) is 5.68. The molecule has 3 N–H and O–H groups in total. The zero-order chi connectivity index (χ0) is 15.3. The Labute approximate surface area is 125 Å². The van der Waals surface area contributed by atoms with E-state index in [4.69, 9.17) is 18.0 Å². The third kappa shape index (κ3) is 3.79. The molecule has 0 saturated heterocycles. The molecule has 1 atom stereocenters. The Morgan fingerprint density at radius 3 is 2.65 bits per heavy atom. The quantitative estimate of drug-likeness (QED) is 0.593. The van der Waals surface area contributed by atoms with Crippen LogP contribution in [0.5, 0.6) is 0 Å². The lowest BCUT2D eigenvalue weighted by Crippen LogP contribution is -2.46. The van der Waals surface area contributed by atoms with Gasteiger partial charge in [0.05, 0.1) is 16.1 Å². The highest BCUT2D eigenvalue weighted by Crippen LogP contribution is 2.21. The first-order valence-corrected chi connectivity index (χ1v) is 7.31. The smallest absolute Gasteiger partial charge is 0.232 e. The molecule has 0 aliphatic carbocycles. The van der Waals surface area contributed by atoms with Crippen LogP contribution in [0.1, 0.15) is 38.1 Å². The first-order chi connectivity index (χ1) is 9.31. The molecule has 1 rings (SSSR count). The van der Waals surface area contributed by atoms with Crippen molar-refractivity contribution in [1.82, 2.24) is 15.1 Å². The molecule has 0 aromatic carbocycles. The molecule has 0 aliphatic heterocycles. The van der Waals surface area contributed by atoms with E-state index in [1.807, 2.05) is 31.5 Å². The van der Waals surface area contributed by atoms with Gasteiger partial charge in [0.25, 0.3) is 0 Å². The maximum Gasteiger partial charge on any atom is 0.232 e. The van der Waals surface area contributed by atoms with E-state index in [-0.39, 0.29) is 10.9 Å². The monoisotopic (exact) mass is 296 g/mol. The number of carbonyl (C=O) groups excluding carboxylic acids is 1. The van der Waals surface area contributed by atoms with Crippen molar-refractivity contribution in [1.29, 1.82) is 0 Å². The summed E-state index contributed by atoms with van der Waals surface area (Å²) < 4.78 is 1.95. The lowest BCUT2D eigenvalue weighted by Gasteiger charge is -2.25. The fourth-order valence-corrected chi connectivity index (χ4v) is 2.21. The van der Waals surface area contributed by atoms with Crippen molar-refractivity contribution < 1.29 is 4.79 Å². The van der Waals surface area contributed by atoms with Gasteiger partial charge in [-0.25, -0.2) is 0 Å². The van der Waals surface area contributed by atoms with Crippen LogP contribution in [0.2, 0.25) is 0 Å². The van der Waals surface area contributed by atoms with Crippen LogP contribution in [0.4, 0.5) is 0 Å². The second-order valence-electron chi connectivity index (χ2n) is 5.31. The first kappa shape index (κ1) is 16.6. The van der Waals surface area contributed by atoms with Crippen LogP contribution in [-0.4, -0.2) is 27.2 Å². The minimum absolute atomic E-state index is 0.0964. The number of hydrogen-bond donors (Lipinski definition) is 2. The van der Waals surface area contributed by atoms with Crippen molar-refractivity contribution in [3.63, 3.8) is 0 Å². The number of amides is 1. The van der Waals surface area contributed by atoms with E-state index in [1.165, 1.54) is 0 Å². The number of nitrogens with one attached hydrogen (secondary N) is 1. The van der Waals surface area contributed by atoms with Gasteiger partial charge < -0.3 is 11.1 Å². The van der Waals surface area contributed by atoms with Crippen LogP contribution in [-0.2, 0) is 11.3 Å². The highest BCUT2D eigenvalue weighted by atomic mass is 32.1. The maximum atomic E-state index is 12.1. The largest absolute Gasteiger partial charge is 0.392 e. The fourth-order valence-electron chi connectivity index (χ4n) is 1.97. The van der Waals surface area contributed by atoms with Crippen LogP contribution in [0, 0.1) is 19.3 Å². The third-order valence-corrected chi connectivity index (χ3v) is 4.14. The minimum Gasteiger partial charge on any atom is -0.392 e. The van der Waals surface area contributed by atoms with Gasteiger partial charge in [0.1, 0.15) is 0 Å². The predicted octanol–water partition coefficient (Wildman–Crippen LogP) is 1.71. The Morgan fingerprint density at radius 1 is 1.55 bits per heavy atom. The highest BCUT2D eigenvalue weighted by Gasteiger charge is 2.34. The summed E-state index contributed by atoms with van der Waals surface area (Å²) in [4.78, 5) is 12.4. The van der Waals surface area contributed by atoms with Crippen molar-refractivity contribution >= 4 is 23.1 Å². The number of thiocarbonyl (C=S) groups is 1. The van der Waals surface area contributed by atoms with Gasteiger partial charge >= 0.3 is 0 Å². The van der Waals surface area contributed by atoms with Crippen molar-refractivity contribution in [3.8, 4) is 0 Å². The summed E-state index contributed by atoms with van der Waals surface area (Å²) >= 11 is 4.98. The number of nitrogens with zero attached hydrogens (tertiary/aromatic N) is 2. The van der Waals surface area contributed by atoms with Crippen LogP contribution in [0.3, 0.4) is 0 Å². The third-order valence-electron chi connectivity index (χ3n) is 3.69. The van der Waals surface area contributed by atoms with Gasteiger partial charge in [-0.05, 0) is 39.7 Å². The number of carbonyl (C=O) groups is 1.